The van der Waals surface area contributed by atoms with Gasteiger partial charge in [0.1, 0.15) is 6.04 Å². The van der Waals surface area contributed by atoms with Crippen molar-refractivity contribution < 1.29 is 19.5 Å². The number of nitrogens with one attached hydrogen (secondary N) is 2. The summed E-state index contributed by atoms with van der Waals surface area (Å²) in [6.07, 6.45) is 1.49. The molecule has 1 aliphatic carbocycles. The fourth-order valence-corrected chi connectivity index (χ4v) is 4.23. The Hall–Kier alpha value is -2.29. The van der Waals surface area contributed by atoms with E-state index in [1.54, 1.807) is 4.90 Å². The average Bonchev–Trinajstić information content (AvgIpc) is 3.12. The molecule has 1 aromatic carbocycles. The van der Waals surface area contributed by atoms with Crippen LogP contribution in [0.25, 0.3) is 0 Å². The third kappa shape index (κ3) is 3.47. The second kappa shape index (κ2) is 7.03. The quantitative estimate of drug-likeness (QED) is 0.523. The first-order chi connectivity index (χ1) is 12.9. The molecule has 1 saturated heterocycles. The van der Waals surface area contributed by atoms with Crippen molar-refractivity contribution in [3.63, 3.8) is 0 Å². The Morgan fingerprint density at radius 2 is 2.07 bits per heavy atom. The molecule has 3 amide bonds. The topological polar surface area (TPSA) is 125 Å². The number of aliphatic hydroxyl groups is 1. The minimum absolute atomic E-state index is 0.0150. The second-order valence-electron chi connectivity index (χ2n) is 7.68. The van der Waals surface area contributed by atoms with Gasteiger partial charge in [-0.2, -0.15) is 0 Å². The van der Waals surface area contributed by atoms with Crippen LogP contribution in [0.1, 0.15) is 47.2 Å². The zero-order chi connectivity index (χ0) is 19.1. The fourth-order valence-electron chi connectivity index (χ4n) is 4.23. The molecule has 0 spiro atoms. The number of benzene rings is 1. The number of hydrogen-bond donors (Lipinski definition) is 4. The Morgan fingerprint density at radius 1 is 1.26 bits per heavy atom. The maximum atomic E-state index is 12.8. The average molecular weight is 372 g/mol. The Bertz CT molecular complexity index is 796. The summed E-state index contributed by atoms with van der Waals surface area (Å²) in [4.78, 5) is 37.8. The highest BCUT2D eigenvalue weighted by atomic mass is 16.3. The molecular weight excluding hydrogens is 348 g/mol. The summed E-state index contributed by atoms with van der Waals surface area (Å²) in [5.74, 6) is -0.868. The van der Waals surface area contributed by atoms with Gasteiger partial charge >= 0.3 is 0 Å². The van der Waals surface area contributed by atoms with Crippen LogP contribution in [0.15, 0.2) is 18.2 Å². The van der Waals surface area contributed by atoms with E-state index < -0.39 is 18.1 Å². The number of carbonyl (C=O) groups is 3. The van der Waals surface area contributed by atoms with Gasteiger partial charge in [-0.05, 0) is 36.5 Å². The Labute approximate surface area is 157 Å². The molecule has 8 nitrogen and oxygen atoms in total. The number of nitrogens with two attached hydrogens (primary N) is 1. The van der Waals surface area contributed by atoms with Crippen molar-refractivity contribution >= 4 is 17.7 Å². The monoisotopic (exact) mass is 372 g/mol. The molecule has 0 bridgehead atoms. The molecular formula is C19H24N4O4. The molecule has 2 heterocycles. The lowest BCUT2D eigenvalue weighted by molar-refractivity contribution is -0.136. The molecule has 8 heteroatoms. The summed E-state index contributed by atoms with van der Waals surface area (Å²) in [5.41, 5.74) is 8.31. The number of piperidine rings is 1. The number of aliphatic hydroxyl groups excluding tert-OH is 1. The molecule has 3 aliphatic rings. The number of fused-ring (bicyclic) bond motifs is 1. The predicted octanol–water partition coefficient (Wildman–Crippen LogP) is -0.612. The summed E-state index contributed by atoms with van der Waals surface area (Å²) in [6, 6.07) is 5.09. The minimum atomic E-state index is -0.598. The molecule has 27 heavy (non-hydrogen) atoms. The predicted molar refractivity (Wildman–Crippen MR) is 96.3 cm³/mol. The van der Waals surface area contributed by atoms with Crippen LogP contribution in [0, 0.1) is 0 Å². The van der Waals surface area contributed by atoms with Crippen LogP contribution in [0.2, 0.25) is 0 Å². The van der Waals surface area contributed by atoms with Crippen molar-refractivity contribution in [2.45, 2.75) is 63.0 Å². The summed E-state index contributed by atoms with van der Waals surface area (Å²) in [5, 5.41) is 15.6. The molecule has 2 aliphatic heterocycles. The zero-order valence-electron chi connectivity index (χ0n) is 15.0. The largest absolute Gasteiger partial charge is 0.391 e. The van der Waals surface area contributed by atoms with Crippen LogP contribution in [-0.2, 0) is 22.7 Å². The minimum Gasteiger partial charge on any atom is -0.391 e. The summed E-state index contributed by atoms with van der Waals surface area (Å²) in [7, 11) is 0. The number of amides is 3. The number of hydrogen-bond acceptors (Lipinski definition) is 6. The number of nitrogens with zero attached hydrogens (tertiary/aromatic N) is 1. The molecule has 0 aromatic heterocycles. The summed E-state index contributed by atoms with van der Waals surface area (Å²) < 4.78 is 0. The highest BCUT2D eigenvalue weighted by Crippen LogP contribution is 2.28. The van der Waals surface area contributed by atoms with Gasteiger partial charge in [0.2, 0.25) is 11.8 Å². The third-order valence-corrected chi connectivity index (χ3v) is 5.73. The molecule has 1 saturated carbocycles. The van der Waals surface area contributed by atoms with E-state index in [-0.39, 0.29) is 30.3 Å². The SMILES string of the molecule is N[C@H]1C[C@H](NCc2ccc3c(c2)C(=O)N(C2CCC(=O)NC2=O)C3)[C@@H](O)C1. The van der Waals surface area contributed by atoms with Crippen molar-refractivity contribution in [2.75, 3.05) is 0 Å². The van der Waals surface area contributed by atoms with Gasteiger partial charge in [0.25, 0.3) is 5.91 Å². The van der Waals surface area contributed by atoms with E-state index in [0.717, 1.165) is 17.5 Å². The van der Waals surface area contributed by atoms with E-state index in [9.17, 15) is 19.5 Å². The lowest BCUT2D eigenvalue weighted by Gasteiger charge is -2.29. The van der Waals surface area contributed by atoms with E-state index in [4.69, 9.17) is 5.73 Å². The van der Waals surface area contributed by atoms with Crippen LogP contribution in [0.3, 0.4) is 0 Å². The molecule has 4 atom stereocenters. The van der Waals surface area contributed by atoms with Crippen LogP contribution in [0.5, 0.6) is 0 Å². The molecule has 1 aromatic rings. The molecule has 144 valence electrons. The number of carbonyl (C=O) groups excluding carboxylic acids is 3. The standard InChI is InChI=1S/C19H24N4O4/c20-12-6-14(16(24)7-12)21-8-10-1-2-11-9-23(19(27)13(11)5-10)15-3-4-17(25)22-18(15)26/h1-2,5,12,14-16,21,24H,3-4,6-9,20H2,(H,22,25,26)/t12-,14-,15?,16-/m0/s1. The Kier molecular flexibility index (Phi) is 4.71. The maximum Gasteiger partial charge on any atom is 0.255 e. The maximum absolute atomic E-state index is 12.8. The van der Waals surface area contributed by atoms with Gasteiger partial charge in [0, 0.05) is 37.2 Å². The first-order valence-electron chi connectivity index (χ1n) is 9.36. The van der Waals surface area contributed by atoms with E-state index in [0.29, 0.717) is 31.5 Å². The fraction of sp³-hybridized carbons (Fsp3) is 0.526. The molecule has 5 N–H and O–H groups in total. The van der Waals surface area contributed by atoms with Crippen molar-refractivity contribution in [1.82, 2.24) is 15.5 Å². The molecule has 4 rings (SSSR count). The lowest BCUT2D eigenvalue weighted by atomic mass is 10.0. The van der Waals surface area contributed by atoms with Gasteiger partial charge in [0.05, 0.1) is 6.10 Å². The highest BCUT2D eigenvalue weighted by molar-refractivity contribution is 6.05. The van der Waals surface area contributed by atoms with Crippen LogP contribution >= 0.6 is 0 Å². The molecule has 0 radical (unpaired) electrons. The van der Waals surface area contributed by atoms with Crippen LogP contribution in [0.4, 0.5) is 0 Å². The van der Waals surface area contributed by atoms with Gasteiger partial charge in [0.15, 0.2) is 0 Å². The van der Waals surface area contributed by atoms with Gasteiger partial charge in [-0.3, -0.25) is 19.7 Å². The van der Waals surface area contributed by atoms with Crippen LogP contribution < -0.4 is 16.4 Å². The highest BCUT2D eigenvalue weighted by Gasteiger charge is 2.39. The first-order valence-corrected chi connectivity index (χ1v) is 9.36. The Morgan fingerprint density at radius 3 is 2.78 bits per heavy atom. The normalized spacial score (nSPS) is 30.6. The second-order valence-corrected chi connectivity index (χ2v) is 7.68. The van der Waals surface area contributed by atoms with Crippen molar-refractivity contribution in [2.24, 2.45) is 5.73 Å². The summed E-state index contributed by atoms with van der Waals surface area (Å²) >= 11 is 0. The van der Waals surface area contributed by atoms with Gasteiger partial charge in [-0.15, -0.1) is 0 Å². The van der Waals surface area contributed by atoms with Crippen molar-refractivity contribution in [3.05, 3.63) is 34.9 Å². The van der Waals surface area contributed by atoms with Crippen molar-refractivity contribution in [3.8, 4) is 0 Å². The first kappa shape index (κ1) is 18.1. The van der Waals surface area contributed by atoms with Gasteiger partial charge in [-0.25, -0.2) is 0 Å². The smallest absolute Gasteiger partial charge is 0.255 e. The van der Waals surface area contributed by atoms with E-state index in [1.165, 1.54) is 0 Å². The zero-order valence-corrected chi connectivity index (χ0v) is 15.0. The third-order valence-electron chi connectivity index (χ3n) is 5.73. The lowest BCUT2D eigenvalue weighted by Crippen LogP contribution is -2.52. The van der Waals surface area contributed by atoms with Gasteiger partial charge in [-0.1, -0.05) is 12.1 Å². The van der Waals surface area contributed by atoms with Crippen molar-refractivity contribution in [1.29, 1.82) is 0 Å². The number of rotatable bonds is 4. The van der Waals surface area contributed by atoms with E-state index in [2.05, 4.69) is 10.6 Å². The van der Waals surface area contributed by atoms with Gasteiger partial charge < -0.3 is 21.1 Å². The van der Waals surface area contributed by atoms with E-state index in [1.807, 2.05) is 18.2 Å². The summed E-state index contributed by atoms with van der Waals surface area (Å²) in [6.45, 7) is 0.914. The Balaban J connectivity index is 1.44. The number of imide groups is 1. The van der Waals surface area contributed by atoms with E-state index >= 15 is 0 Å². The van der Waals surface area contributed by atoms with Crippen LogP contribution in [-0.4, -0.2) is 52.0 Å². The molecule has 2 fully saturated rings. The molecule has 1 unspecified atom stereocenters.